The molecule has 0 bridgehead atoms. The van der Waals surface area contributed by atoms with Gasteiger partial charge in [0, 0.05) is 64.2 Å². The lowest BCUT2D eigenvalue weighted by Gasteiger charge is -2.19. The number of rotatable bonds is 5. The Morgan fingerprint density at radius 2 is 1.51 bits per heavy atom. The minimum atomic E-state index is -1.20. The fraction of sp³-hybridized carbons (Fsp3) is 0.400. The summed E-state index contributed by atoms with van der Waals surface area (Å²) >= 11 is 0. The zero-order chi connectivity index (χ0) is 33.4. The highest BCUT2D eigenvalue weighted by Gasteiger charge is 2.30. The van der Waals surface area contributed by atoms with Crippen molar-refractivity contribution in [2.75, 3.05) is 52.4 Å². The highest BCUT2D eigenvalue weighted by Crippen LogP contribution is 2.43. The van der Waals surface area contributed by atoms with E-state index in [2.05, 4.69) is 57.5 Å². The van der Waals surface area contributed by atoms with Crippen LogP contribution in [0.4, 0.5) is 11.4 Å². The second-order valence-corrected chi connectivity index (χ2v) is 12.4. The van der Waals surface area contributed by atoms with Crippen molar-refractivity contribution < 1.29 is 24.5 Å². The van der Waals surface area contributed by atoms with Crippen molar-refractivity contribution in [1.82, 2.24) is 25.8 Å². The number of aromatic carboxylic acids is 1. The lowest BCUT2D eigenvalue weighted by atomic mass is 9.86. The Hall–Kier alpha value is -4.49. The average Bonchev–Trinajstić information content (AvgIpc) is 3.78. The van der Waals surface area contributed by atoms with Crippen molar-refractivity contribution >= 4 is 17.3 Å². The van der Waals surface area contributed by atoms with E-state index < -0.39 is 5.97 Å². The number of para-hydroxylation sites is 1. The second-order valence-electron chi connectivity index (χ2n) is 12.4. The molecule has 1 aliphatic carbocycles. The van der Waals surface area contributed by atoms with Gasteiger partial charge in [-0.05, 0) is 78.3 Å². The predicted octanol–water partition coefficient (Wildman–Crippen LogP) is 5.15. The number of carboxylic acids is 1. The topological polar surface area (TPSA) is 169 Å². The third-order valence-corrected chi connectivity index (χ3v) is 8.53. The van der Waals surface area contributed by atoms with Gasteiger partial charge >= 0.3 is 5.97 Å². The Morgan fingerprint density at radius 3 is 2.09 bits per heavy atom. The monoisotopic (exact) mass is 643 g/mol. The van der Waals surface area contributed by atoms with E-state index in [4.69, 9.17) is 9.52 Å². The van der Waals surface area contributed by atoms with Crippen LogP contribution in [0.1, 0.15) is 47.5 Å². The standard InChI is InChI=1S/C27H25N3O5.2C4H10N2/c1-15-14-30(17-8-7-16-11-12-27(2,3)19(16)13-17)25(32)23(15)29-28-20-6-4-5-18(24(20)31)21-9-10-22(35-21)26(33)34;2*1-2-6-4-3-5-1/h4-10,13-14,31-32H,11-12H2,1-3H3,(H,33,34);2*5-6H,1-4H2. The van der Waals surface area contributed by atoms with E-state index in [9.17, 15) is 15.0 Å². The number of carbonyl (C=O) groups is 1. The molecule has 0 saturated carbocycles. The van der Waals surface area contributed by atoms with Crippen LogP contribution in [0.15, 0.2) is 69.4 Å². The number of aromatic hydroxyl groups is 2. The van der Waals surface area contributed by atoms with E-state index in [0.29, 0.717) is 5.69 Å². The molecule has 0 spiro atoms. The van der Waals surface area contributed by atoms with Crippen LogP contribution in [-0.2, 0) is 11.8 Å². The Morgan fingerprint density at radius 1 is 0.872 bits per heavy atom. The van der Waals surface area contributed by atoms with Crippen LogP contribution in [-0.4, -0.2) is 78.2 Å². The van der Waals surface area contributed by atoms with Gasteiger partial charge in [-0.1, -0.05) is 26.0 Å². The molecule has 12 heteroatoms. The maximum absolute atomic E-state index is 11.1. The van der Waals surface area contributed by atoms with E-state index in [1.807, 2.05) is 13.0 Å². The molecule has 0 radical (unpaired) electrons. The molecule has 47 heavy (non-hydrogen) atoms. The molecule has 3 aliphatic rings. The molecule has 2 aliphatic heterocycles. The van der Waals surface area contributed by atoms with Gasteiger partial charge in [-0.2, -0.15) is 0 Å². The highest BCUT2D eigenvalue weighted by atomic mass is 16.4. The van der Waals surface area contributed by atoms with E-state index >= 15 is 0 Å². The van der Waals surface area contributed by atoms with Gasteiger partial charge in [0.15, 0.2) is 11.4 Å². The first-order chi connectivity index (χ1) is 22.7. The number of phenols is 1. The fourth-order valence-electron chi connectivity index (χ4n) is 5.79. The van der Waals surface area contributed by atoms with Crippen LogP contribution in [0.2, 0.25) is 0 Å². The van der Waals surface area contributed by atoms with Crippen LogP contribution in [0, 0.1) is 6.92 Å². The SMILES string of the molecule is C1CNCCN1.C1CNCCN1.Cc1cn(-c2ccc3c(c2)C(C)(C)CC3)c(O)c1N=Nc1cccc(-c2ccc(C(=O)O)o2)c1O. The second kappa shape index (κ2) is 15.4. The van der Waals surface area contributed by atoms with Crippen LogP contribution in [0.5, 0.6) is 11.6 Å². The lowest BCUT2D eigenvalue weighted by molar-refractivity contribution is 0.0663. The molecule has 2 fully saturated rings. The number of hydrogen-bond donors (Lipinski definition) is 7. The van der Waals surface area contributed by atoms with Crippen molar-refractivity contribution in [3.05, 3.63) is 77.2 Å². The average molecular weight is 644 g/mol. The van der Waals surface area contributed by atoms with Gasteiger partial charge in [-0.15, -0.1) is 10.2 Å². The number of nitrogens with zero attached hydrogens (tertiary/aromatic N) is 3. The minimum absolute atomic E-state index is 0.0465. The molecule has 2 saturated heterocycles. The number of furan rings is 1. The van der Waals surface area contributed by atoms with Crippen molar-refractivity contribution in [1.29, 1.82) is 0 Å². The Balaban J connectivity index is 0.000000301. The number of benzene rings is 2. The molecule has 7 rings (SSSR count). The van der Waals surface area contributed by atoms with Crippen molar-refractivity contribution in [2.45, 2.75) is 39.0 Å². The molecule has 7 N–H and O–H groups in total. The molecular weight excluding hydrogens is 598 g/mol. The Labute approximate surface area is 274 Å². The molecular formula is C35H45N7O5. The van der Waals surface area contributed by atoms with Gasteiger partial charge in [-0.25, -0.2) is 4.79 Å². The first kappa shape index (κ1) is 33.9. The summed E-state index contributed by atoms with van der Waals surface area (Å²) in [6, 6.07) is 13.8. The Bertz CT molecular complexity index is 1670. The third-order valence-electron chi connectivity index (χ3n) is 8.53. The fourth-order valence-corrected chi connectivity index (χ4v) is 5.79. The van der Waals surface area contributed by atoms with Gasteiger partial charge in [-0.3, -0.25) is 4.57 Å². The van der Waals surface area contributed by atoms with Crippen molar-refractivity contribution in [3.8, 4) is 28.6 Å². The largest absolute Gasteiger partial charge is 0.505 e. The van der Waals surface area contributed by atoms with Gasteiger partial charge in [0.05, 0.1) is 5.56 Å². The summed E-state index contributed by atoms with van der Waals surface area (Å²) in [5, 5.41) is 52.0. The van der Waals surface area contributed by atoms with E-state index in [1.165, 1.54) is 23.3 Å². The zero-order valence-corrected chi connectivity index (χ0v) is 27.3. The summed E-state index contributed by atoms with van der Waals surface area (Å²) in [7, 11) is 0. The van der Waals surface area contributed by atoms with Crippen LogP contribution in [0.3, 0.4) is 0 Å². The third kappa shape index (κ3) is 8.27. The van der Waals surface area contributed by atoms with E-state index in [-0.39, 0.29) is 39.8 Å². The molecule has 4 heterocycles. The molecule has 12 nitrogen and oxygen atoms in total. The first-order valence-electron chi connectivity index (χ1n) is 16.1. The van der Waals surface area contributed by atoms with Crippen LogP contribution < -0.4 is 21.3 Å². The van der Waals surface area contributed by atoms with Crippen LogP contribution >= 0.6 is 0 Å². The summed E-state index contributed by atoms with van der Waals surface area (Å²) in [6.07, 6.45) is 3.96. The van der Waals surface area contributed by atoms with Crippen molar-refractivity contribution in [2.24, 2.45) is 10.2 Å². The summed E-state index contributed by atoms with van der Waals surface area (Å²) < 4.78 is 6.98. The normalized spacial score (nSPS) is 16.9. The number of aromatic nitrogens is 1. The molecule has 4 aromatic rings. The number of phenolic OH excluding ortho intramolecular Hbond substituents is 1. The number of hydrogen-bond acceptors (Lipinski definition) is 10. The van der Waals surface area contributed by atoms with E-state index in [1.54, 1.807) is 29.0 Å². The van der Waals surface area contributed by atoms with Gasteiger partial charge in [0.1, 0.15) is 11.4 Å². The highest BCUT2D eigenvalue weighted by molar-refractivity contribution is 5.85. The number of nitrogens with one attached hydrogen (secondary N) is 4. The molecule has 0 atom stereocenters. The summed E-state index contributed by atoms with van der Waals surface area (Å²) in [5.74, 6) is -1.49. The van der Waals surface area contributed by atoms with E-state index in [0.717, 1.165) is 76.5 Å². The maximum Gasteiger partial charge on any atom is 0.371 e. The van der Waals surface area contributed by atoms with Gasteiger partial charge in [0.25, 0.3) is 0 Å². The molecule has 250 valence electrons. The summed E-state index contributed by atoms with van der Waals surface area (Å²) in [4.78, 5) is 11.1. The lowest BCUT2D eigenvalue weighted by Crippen LogP contribution is -2.39. The smallest absolute Gasteiger partial charge is 0.371 e. The Kier molecular flexibility index (Phi) is 11.1. The summed E-state index contributed by atoms with van der Waals surface area (Å²) in [6.45, 7) is 15.4. The minimum Gasteiger partial charge on any atom is -0.505 e. The van der Waals surface area contributed by atoms with Gasteiger partial charge < -0.3 is 41.0 Å². The maximum atomic E-state index is 11.1. The number of azo groups is 1. The molecule has 2 aromatic carbocycles. The van der Waals surface area contributed by atoms with Crippen LogP contribution in [0.25, 0.3) is 17.0 Å². The number of piperazine rings is 2. The first-order valence-corrected chi connectivity index (χ1v) is 16.1. The predicted molar refractivity (Wildman–Crippen MR) is 182 cm³/mol. The number of carboxylic acid groups (broad SMARTS) is 1. The quantitative estimate of drug-likeness (QED) is 0.145. The molecule has 0 amide bonds. The summed E-state index contributed by atoms with van der Waals surface area (Å²) in [5.41, 5.74) is 5.01. The zero-order valence-electron chi connectivity index (χ0n) is 27.3. The number of aryl methyl sites for hydroxylation is 2. The molecule has 0 unspecified atom stereocenters. The van der Waals surface area contributed by atoms with Gasteiger partial charge in [0.2, 0.25) is 11.6 Å². The molecule has 2 aromatic heterocycles. The number of fused-ring (bicyclic) bond motifs is 1. The van der Waals surface area contributed by atoms with Crippen molar-refractivity contribution in [3.63, 3.8) is 0 Å².